The molecule has 0 atom stereocenters. The number of oxime groups is 1. The molecule has 0 saturated carbocycles. The third-order valence-corrected chi connectivity index (χ3v) is 6.21. The number of fused-ring (bicyclic) bond motifs is 1. The first-order chi connectivity index (χ1) is 17.7. The normalized spacial score (nSPS) is 11.8. The zero-order valence-electron chi connectivity index (χ0n) is 21.7. The van der Waals surface area contributed by atoms with Crippen LogP contribution >= 0.6 is 0 Å². The maximum Gasteiger partial charge on any atom is 0.331 e. The molecule has 0 aliphatic heterocycles. The number of aryl methyl sites for hydroxylation is 3. The Labute approximate surface area is 214 Å². The Morgan fingerprint density at radius 3 is 2.57 bits per heavy atom. The molecule has 192 valence electrons. The van der Waals surface area contributed by atoms with E-state index in [1.165, 1.54) is 13.0 Å². The second-order valence-electron chi connectivity index (χ2n) is 8.88. The average molecular weight is 504 g/mol. The molecule has 37 heavy (non-hydrogen) atoms. The molecule has 2 aromatic carbocycles. The van der Waals surface area contributed by atoms with Gasteiger partial charge in [-0.25, -0.2) is 13.7 Å². The monoisotopic (exact) mass is 503 g/mol. The average Bonchev–Trinajstić information content (AvgIpc) is 3.26. The van der Waals surface area contributed by atoms with Gasteiger partial charge >= 0.3 is 5.97 Å². The largest absolute Gasteiger partial charge is 0.331 e. The van der Waals surface area contributed by atoms with Crippen LogP contribution in [-0.4, -0.2) is 30.8 Å². The summed E-state index contributed by atoms with van der Waals surface area (Å²) in [5.74, 6) is 0.158. The highest BCUT2D eigenvalue weighted by Crippen LogP contribution is 2.27. The summed E-state index contributed by atoms with van der Waals surface area (Å²) in [7, 11) is 0. The molecule has 0 aliphatic rings. The fraction of sp³-hybridized carbons (Fsp3) is 0.321. The number of carbonyl (C=O) groups excluding carboxylic acids is 1. The zero-order chi connectivity index (χ0) is 26.7. The van der Waals surface area contributed by atoms with E-state index < -0.39 is 11.8 Å². The molecule has 0 bridgehead atoms. The topological polar surface area (TPSA) is 90.8 Å². The van der Waals surface area contributed by atoms with Crippen LogP contribution in [0.15, 0.2) is 52.4 Å². The van der Waals surface area contributed by atoms with E-state index in [0.717, 1.165) is 23.2 Å². The Kier molecular flexibility index (Phi) is 7.61. The van der Waals surface area contributed by atoms with E-state index in [1.807, 2.05) is 44.2 Å². The van der Waals surface area contributed by atoms with Gasteiger partial charge in [0.2, 0.25) is 5.78 Å². The lowest BCUT2D eigenvalue weighted by Gasteiger charge is -2.15. The van der Waals surface area contributed by atoms with Crippen molar-refractivity contribution in [2.45, 2.75) is 60.4 Å². The number of nitrogens with zero attached hydrogens (tertiary/aromatic N) is 5. The summed E-state index contributed by atoms with van der Waals surface area (Å²) < 4.78 is 18.8. The van der Waals surface area contributed by atoms with Gasteiger partial charge in [-0.05, 0) is 49.9 Å². The maximum atomic E-state index is 15.5. The summed E-state index contributed by atoms with van der Waals surface area (Å²) in [4.78, 5) is 33.9. The van der Waals surface area contributed by atoms with Gasteiger partial charge in [0.1, 0.15) is 11.6 Å². The SMILES string of the molecule is CCCc1c(Cc2ccc(-c3ccccc3/C(C)=N/OC(C)=O)cc2F)c(=O)n(CC)c2nc(C)nn12. The maximum absolute atomic E-state index is 15.5. The van der Waals surface area contributed by atoms with Crippen LogP contribution in [0.1, 0.15) is 62.3 Å². The van der Waals surface area contributed by atoms with Gasteiger partial charge in [-0.15, -0.1) is 0 Å². The second-order valence-corrected chi connectivity index (χ2v) is 8.88. The van der Waals surface area contributed by atoms with Crippen molar-refractivity contribution in [3.8, 4) is 11.1 Å². The molecule has 0 saturated heterocycles. The number of aromatic nitrogens is 4. The van der Waals surface area contributed by atoms with Gasteiger partial charge in [-0.3, -0.25) is 9.36 Å². The van der Waals surface area contributed by atoms with E-state index in [-0.39, 0.29) is 12.0 Å². The Hall–Kier alpha value is -4.14. The first-order valence-electron chi connectivity index (χ1n) is 12.3. The van der Waals surface area contributed by atoms with E-state index in [9.17, 15) is 9.59 Å². The minimum Gasteiger partial charge on any atom is -0.318 e. The lowest BCUT2D eigenvalue weighted by atomic mass is 9.94. The minimum atomic E-state index is -0.518. The number of hydrogen-bond acceptors (Lipinski definition) is 6. The number of carbonyl (C=O) groups is 1. The number of halogens is 1. The Bertz CT molecular complexity index is 1570. The van der Waals surface area contributed by atoms with E-state index >= 15 is 4.39 Å². The predicted octanol–water partition coefficient (Wildman–Crippen LogP) is 4.86. The van der Waals surface area contributed by atoms with Crippen molar-refractivity contribution in [1.29, 1.82) is 0 Å². The van der Waals surface area contributed by atoms with Gasteiger partial charge in [-0.1, -0.05) is 54.9 Å². The van der Waals surface area contributed by atoms with Gasteiger partial charge in [0.25, 0.3) is 5.56 Å². The summed E-state index contributed by atoms with van der Waals surface area (Å²) in [6.07, 6.45) is 1.58. The summed E-state index contributed by atoms with van der Waals surface area (Å²) in [5, 5.41) is 8.40. The van der Waals surface area contributed by atoms with Crippen LogP contribution in [0.3, 0.4) is 0 Å². The Morgan fingerprint density at radius 1 is 1.14 bits per heavy atom. The van der Waals surface area contributed by atoms with Crippen LogP contribution in [0.2, 0.25) is 0 Å². The van der Waals surface area contributed by atoms with Crippen molar-refractivity contribution < 1.29 is 14.0 Å². The standard InChI is InChI=1S/C28H30FN5O3/c1-6-10-26-24(27(36)33(7-2)28-30-18(4)31-34(26)28)15-21-14-13-20(16-25(21)29)23-12-9-8-11-22(23)17(3)32-37-19(5)35/h8-9,11-14,16H,6-7,10,15H2,1-5H3/b32-17+. The van der Waals surface area contributed by atoms with Crippen molar-refractivity contribution >= 4 is 17.5 Å². The van der Waals surface area contributed by atoms with Crippen LogP contribution in [0.4, 0.5) is 4.39 Å². The Morgan fingerprint density at radius 2 is 1.89 bits per heavy atom. The summed E-state index contributed by atoms with van der Waals surface area (Å²) in [5.41, 5.74) is 4.15. The third kappa shape index (κ3) is 5.21. The van der Waals surface area contributed by atoms with Gasteiger partial charge in [0.15, 0.2) is 0 Å². The van der Waals surface area contributed by atoms with Crippen molar-refractivity contribution in [2.24, 2.45) is 5.16 Å². The van der Waals surface area contributed by atoms with Crippen molar-refractivity contribution in [3.05, 3.63) is 86.8 Å². The highest BCUT2D eigenvalue weighted by molar-refractivity contribution is 6.04. The molecule has 0 fully saturated rings. The molecular weight excluding hydrogens is 473 g/mol. The van der Waals surface area contributed by atoms with E-state index in [4.69, 9.17) is 4.84 Å². The highest BCUT2D eigenvalue weighted by atomic mass is 19.1. The molecule has 0 N–H and O–H groups in total. The lowest BCUT2D eigenvalue weighted by Crippen LogP contribution is -2.29. The number of hydrogen-bond donors (Lipinski definition) is 0. The molecule has 2 aromatic heterocycles. The third-order valence-electron chi connectivity index (χ3n) is 6.21. The Balaban J connectivity index is 1.77. The molecular formula is C28H30FN5O3. The van der Waals surface area contributed by atoms with Gasteiger partial charge in [0.05, 0.1) is 11.4 Å². The minimum absolute atomic E-state index is 0.143. The van der Waals surface area contributed by atoms with E-state index in [2.05, 4.69) is 15.2 Å². The van der Waals surface area contributed by atoms with Crippen molar-refractivity contribution in [1.82, 2.24) is 19.2 Å². The van der Waals surface area contributed by atoms with Crippen LogP contribution in [-0.2, 0) is 29.0 Å². The molecule has 0 amide bonds. The highest BCUT2D eigenvalue weighted by Gasteiger charge is 2.20. The fourth-order valence-corrected chi connectivity index (χ4v) is 4.50. The smallest absolute Gasteiger partial charge is 0.318 e. The molecule has 9 heteroatoms. The van der Waals surface area contributed by atoms with Crippen molar-refractivity contribution in [3.63, 3.8) is 0 Å². The summed E-state index contributed by atoms with van der Waals surface area (Å²) >= 11 is 0. The quantitative estimate of drug-likeness (QED) is 0.195. The summed E-state index contributed by atoms with van der Waals surface area (Å²) in [6.45, 7) is 9.15. The van der Waals surface area contributed by atoms with Gasteiger partial charge in [0, 0.05) is 31.0 Å². The fourth-order valence-electron chi connectivity index (χ4n) is 4.50. The molecule has 8 nitrogen and oxygen atoms in total. The molecule has 0 unspecified atom stereocenters. The molecule has 0 spiro atoms. The molecule has 2 heterocycles. The van der Waals surface area contributed by atoms with Crippen LogP contribution in [0.25, 0.3) is 16.9 Å². The van der Waals surface area contributed by atoms with E-state index in [1.54, 1.807) is 29.0 Å². The van der Waals surface area contributed by atoms with Gasteiger partial charge in [-0.2, -0.15) is 10.1 Å². The molecule has 4 aromatic rings. The number of benzene rings is 2. The zero-order valence-corrected chi connectivity index (χ0v) is 21.7. The van der Waals surface area contributed by atoms with Crippen LogP contribution in [0.5, 0.6) is 0 Å². The van der Waals surface area contributed by atoms with Crippen LogP contribution < -0.4 is 5.56 Å². The van der Waals surface area contributed by atoms with Crippen molar-refractivity contribution in [2.75, 3.05) is 0 Å². The molecule has 4 rings (SSSR count). The first-order valence-corrected chi connectivity index (χ1v) is 12.3. The van der Waals surface area contributed by atoms with Gasteiger partial charge < -0.3 is 4.84 Å². The number of rotatable bonds is 8. The van der Waals surface area contributed by atoms with Crippen LogP contribution in [0, 0.1) is 12.7 Å². The first kappa shape index (κ1) is 25.9. The molecule has 0 aliphatic carbocycles. The van der Waals surface area contributed by atoms with E-state index in [0.29, 0.717) is 47.0 Å². The lowest BCUT2D eigenvalue weighted by molar-refractivity contribution is -0.140. The second kappa shape index (κ2) is 10.9. The predicted molar refractivity (Wildman–Crippen MR) is 140 cm³/mol. The molecule has 0 radical (unpaired) electrons. The summed E-state index contributed by atoms with van der Waals surface area (Å²) in [6, 6.07) is 12.4.